The Kier molecular flexibility index (Phi) is 4.92. The minimum Gasteiger partial charge on any atom is -0.385 e. The van der Waals surface area contributed by atoms with Gasteiger partial charge in [-0.15, -0.1) is 0 Å². The fourth-order valence-corrected chi connectivity index (χ4v) is 2.03. The number of nitrogens with zero attached hydrogens (tertiary/aromatic N) is 1. The molecule has 0 saturated heterocycles. The topological polar surface area (TPSA) is 45.0 Å². The van der Waals surface area contributed by atoms with E-state index >= 15 is 0 Å². The fraction of sp³-hybridized carbons (Fsp3) is 0.909. The van der Waals surface area contributed by atoms with E-state index < -0.39 is 0 Å². The van der Waals surface area contributed by atoms with Crippen LogP contribution < -0.4 is 5.32 Å². The Morgan fingerprint density at radius 2 is 2.07 bits per heavy atom. The molecule has 3 nitrogen and oxygen atoms in total. The number of ether oxygens (including phenoxy) is 1. The zero-order chi connectivity index (χ0) is 10.3. The van der Waals surface area contributed by atoms with Gasteiger partial charge in [0.1, 0.15) is 5.54 Å². The molecule has 0 aromatic rings. The van der Waals surface area contributed by atoms with Crippen molar-refractivity contribution in [1.29, 1.82) is 5.26 Å². The third-order valence-corrected chi connectivity index (χ3v) is 2.91. The van der Waals surface area contributed by atoms with Crippen LogP contribution in [0.15, 0.2) is 0 Å². The van der Waals surface area contributed by atoms with Crippen molar-refractivity contribution in [3.8, 4) is 6.07 Å². The summed E-state index contributed by atoms with van der Waals surface area (Å²) < 4.78 is 4.97. The van der Waals surface area contributed by atoms with E-state index in [4.69, 9.17) is 10.00 Å². The molecule has 1 N–H and O–H groups in total. The monoisotopic (exact) mass is 196 g/mol. The van der Waals surface area contributed by atoms with Crippen LogP contribution in [0.4, 0.5) is 0 Å². The van der Waals surface area contributed by atoms with E-state index in [2.05, 4.69) is 11.4 Å². The normalized spacial score (nSPS) is 20.3. The first-order chi connectivity index (χ1) is 6.83. The van der Waals surface area contributed by atoms with Gasteiger partial charge in [0, 0.05) is 13.7 Å². The van der Waals surface area contributed by atoms with Crippen LogP contribution in [0.25, 0.3) is 0 Å². The van der Waals surface area contributed by atoms with E-state index in [1.165, 1.54) is 19.3 Å². The van der Waals surface area contributed by atoms with Gasteiger partial charge in [0.15, 0.2) is 0 Å². The molecule has 1 aliphatic rings. The number of nitriles is 1. The maximum atomic E-state index is 9.15. The molecule has 1 rings (SSSR count). The Morgan fingerprint density at radius 3 is 2.64 bits per heavy atom. The van der Waals surface area contributed by atoms with E-state index in [1.807, 2.05) is 0 Å². The SMILES string of the molecule is COCCCNC1(C#N)CCCCC1. The van der Waals surface area contributed by atoms with E-state index in [0.29, 0.717) is 0 Å². The standard InChI is InChI=1S/C11H20N2O/c1-14-9-5-8-13-11(10-12)6-3-2-4-7-11/h13H,2-9H2,1H3. The van der Waals surface area contributed by atoms with Crippen molar-refractivity contribution in [3.05, 3.63) is 0 Å². The van der Waals surface area contributed by atoms with Gasteiger partial charge >= 0.3 is 0 Å². The molecule has 0 heterocycles. The lowest BCUT2D eigenvalue weighted by Gasteiger charge is -2.31. The molecule has 1 fully saturated rings. The second kappa shape index (κ2) is 6.00. The van der Waals surface area contributed by atoms with E-state index in [1.54, 1.807) is 7.11 Å². The first kappa shape index (κ1) is 11.5. The Hall–Kier alpha value is -0.590. The molecule has 0 unspecified atom stereocenters. The molecule has 0 amide bonds. The summed E-state index contributed by atoms with van der Waals surface area (Å²) in [6, 6.07) is 2.44. The minimum atomic E-state index is -0.230. The quantitative estimate of drug-likeness (QED) is 0.682. The van der Waals surface area contributed by atoms with Gasteiger partial charge in [-0.1, -0.05) is 19.3 Å². The molecule has 0 aromatic carbocycles. The second-order valence-corrected chi connectivity index (χ2v) is 4.03. The number of hydrogen-bond acceptors (Lipinski definition) is 3. The Bertz CT molecular complexity index is 192. The minimum absolute atomic E-state index is 0.230. The molecule has 0 spiro atoms. The number of rotatable bonds is 5. The summed E-state index contributed by atoms with van der Waals surface area (Å²) >= 11 is 0. The molecular formula is C11H20N2O. The van der Waals surface area contributed by atoms with E-state index in [0.717, 1.165) is 32.4 Å². The van der Waals surface area contributed by atoms with Crippen molar-refractivity contribution < 1.29 is 4.74 Å². The van der Waals surface area contributed by atoms with Gasteiger partial charge < -0.3 is 4.74 Å². The van der Waals surface area contributed by atoms with Gasteiger partial charge in [0.2, 0.25) is 0 Å². The van der Waals surface area contributed by atoms with Crippen LogP contribution in [0.1, 0.15) is 38.5 Å². The summed E-state index contributed by atoms with van der Waals surface area (Å²) in [4.78, 5) is 0. The van der Waals surface area contributed by atoms with Gasteiger partial charge in [0.25, 0.3) is 0 Å². The molecule has 0 aromatic heterocycles. The van der Waals surface area contributed by atoms with Crippen molar-refractivity contribution in [2.24, 2.45) is 0 Å². The maximum absolute atomic E-state index is 9.15. The lowest BCUT2D eigenvalue weighted by Crippen LogP contribution is -2.46. The molecule has 3 heteroatoms. The third-order valence-electron chi connectivity index (χ3n) is 2.91. The predicted octanol–water partition coefficient (Wildman–Crippen LogP) is 1.84. The Labute approximate surface area is 86.4 Å². The van der Waals surface area contributed by atoms with Crippen LogP contribution in [0.5, 0.6) is 0 Å². The summed E-state index contributed by atoms with van der Waals surface area (Å²) in [5, 5.41) is 12.5. The highest BCUT2D eigenvalue weighted by Gasteiger charge is 2.30. The Morgan fingerprint density at radius 1 is 1.36 bits per heavy atom. The van der Waals surface area contributed by atoms with Gasteiger partial charge in [-0.2, -0.15) is 5.26 Å². The molecule has 1 saturated carbocycles. The highest BCUT2D eigenvalue weighted by atomic mass is 16.5. The predicted molar refractivity (Wildman–Crippen MR) is 55.9 cm³/mol. The summed E-state index contributed by atoms with van der Waals surface area (Å²) in [5.41, 5.74) is -0.230. The smallest absolute Gasteiger partial charge is 0.106 e. The van der Waals surface area contributed by atoms with E-state index in [9.17, 15) is 0 Å². The highest BCUT2D eigenvalue weighted by Crippen LogP contribution is 2.27. The summed E-state index contributed by atoms with van der Waals surface area (Å²) in [6.45, 7) is 1.66. The molecule has 0 aliphatic heterocycles. The number of methoxy groups -OCH3 is 1. The molecule has 0 radical (unpaired) electrons. The van der Waals surface area contributed by atoms with Crippen LogP contribution in [0, 0.1) is 11.3 Å². The molecule has 14 heavy (non-hydrogen) atoms. The van der Waals surface area contributed by atoms with Gasteiger partial charge in [-0.05, 0) is 25.8 Å². The van der Waals surface area contributed by atoms with Crippen molar-refractivity contribution in [2.45, 2.75) is 44.1 Å². The second-order valence-electron chi connectivity index (χ2n) is 4.03. The highest BCUT2D eigenvalue weighted by molar-refractivity contribution is 5.08. The van der Waals surface area contributed by atoms with Gasteiger partial charge in [-0.3, -0.25) is 5.32 Å². The molecule has 1 aliphatic carbocycles. The van der Waals surface area contributed by atoms with Crippen LogP contribution in [0.3, 0.4) is 0 Å². The molecule has 80 valence electrons. The van der Waals surface area contributed by atoms with Gasteiger partial charge in [0.05, 0.1) is 6.07 Å². The molecular weight excluding hydrogens is 176 g/mol. The van der Waals surface area contributed by atoms with Crippen molar-refractivity contribution in [3.63, 3.8) is 0 Å². The maximum Gasteiger partial charge on any atom is 0.106 e. The summed E-state index contributed by atoms with van der Waals surface area (Å²) in [5.74, 6) is 0. The number of hydrogen-bond donors (Lipinski definition) is 1. The fourth-order valence-electron chi connectivity index (χ4n) is 2.03. The average molecular weight is 196 g/mol. The summed E-state index contributed by atoms with van der Waals surface area (Å²) in [6.07, 6.45) is 6.66. The van der Waals surface area contributed by atoms with Gasteiger partial charge in [-0.25, -0.2) is 0 Å². The first-order valence-electron chi connectivity index (χ1n) is 5.48. The summed E-state index contributed by atoms with van der Waals surface area (Å²) in [7, 11) is 1.71. The lowest BCUT2D eigenvalue weighted by atomic mass is 9.83. The first-order valence-corrected chi connectivity index (χ1v) is 5.48. The lowest BCUT2D eigenvalue weighted by molar-refractivity contribution is 0.188. The van der Waals surface area contributed by atoms with E-state index in [-0.39, 0.29) is 5.54 Å². The average Bonchev–Trinajstić information content (AvgIpc) is 2.26. The van der Waals surface area contributed by atoms with Crippen molar-refractivity contribution in [1.82, 2.24) is 5.32 Å². The zero-order valence-electron chi connectivity index (χ0n) is 9.01. The molecule has 0 bridgehead atoms. The largest absolute Gasteiger partial charge is 0.385 e. The van der Waals surface area contributed by atoms with Crippen LogP contribution in [-0.2, 0) is 4.74 Å². The third kappa shape index (κ3) is 3.28. The van der Waals surface area contributed by atoms with Crippen LogP contribution in [0.2, 0.25) is 0 Å². The zero-order valence-corrected chi connectivity index (χ0v) is 9.01. The Balaban J connectivity index is 2.26. The number of nitrogens with one attached hydrogen (secondary N) is 1. The van der Waals surface area contributed by atoms with Crippen LogP contribution in [-0.4, -0.2) is 25.8 Å². The van der Waals surface area contributed by atoms with Crippen LogP contribution >= 0.6 is 0 Å². The van der Waals surface area contributed by atoms with Crippen molar-refractivity contribution in [2.75, 3.05) is 20.3 Å². The molecule has 0 atom stereocenters. The van der Waals surface area contributed by atoms with Crippen molar-refractivity contribution >= 4 is 0 Å².